The zero-order valence-electron chi connectivity index (χ0n) is 18.3. The van der Waals surface area contributed by atoms with Crippen molar-refractivity contribution in [2.75, 3.05) is 0 Å². The van der Waals surface area contributed by atoms with Crippen molar-refractivity contribution in [1.82, 2.24) is 0 Å². The molecule has 0 spiro atoms. The third-order valence-electron chi connectivity index (χ3n) is 10.2. The maximum atomic E-state index is 12.3. The van der Waals surface area contributed by atoms with E-state index in [1.807, 2.05) is 0 Å². The monoisotopic (exact) mass is 388 g/mol. The number of hydrogen-bond acceptors (Lipinski definition) is 4. The average Bonchev–Trinajstić information content (AvgIpc) is 3.11. The highest BCUT2D eigenvalue weighted by Crippen LogP contribution is 2.67. The summed E-state index contributed by atoms with van der Waals surface area (Å²) >= 11 is 0. The molecule has 0 amide bonds. The van der Waals surface area contributed by atoms with Gasteiger partial charge < -0.3 is 9.47 Å². The van der Waals surface area contributed by atoms with Gasteiger partial charge in [0.05, 0.1) is 0 Å². The van der Waals surface area contributed by atoms with Gasteiger partial charge in [0, 0.05) is 23.5 Å². The van der Waals surface area contributed by atoms with Crippen molar-refractivity contribution in [3.8, 4) is 0 Å². The van der Waals surface area contributed by atoms with Crippen LogP contribution < -0.4 is 0 Å². The molecule has 4 bridgehead atoms. The van der Waals surface area contributed by atoms with Crippen molar-refractivity contribution >= 4 is 11.9 Å². The van der Waals surface area contributed by atoms with Crippen molar-refractivity contribution in [1.29, 1.82) is 0 Å². The molecule has 156 valence electrons. The highest BCUT2D eigenvalue weighted by molar-refractivity contribution is 5.91. The van der Waals surface area contributed by atoms with Crippen LogP contribution in [0.1, 0.15) is 80.1 Å². The fourth-order valence-corrected chi connectivity index (χ4v) is 7.14. The fourth-order valence-electron chi connectivity index (χ4n) is 7.14. The maximum absolute atomic E-state index is 12.3. The van der Waals surface area contributed by atoms with E-state index in [1.54, 1.807) is 0 Å². The number of carbonyl (C=O) groups is 2. The van der Waals surface area contributed by atoms with Gasteiger partial charge in [-0.05, 0) is 60.7 Å². The molecular weight excluding hydrogens is 352 g/mol. The first-order valence-corrected chi connectivity index (χ1v) is 11.0. The van der Waals surface area contributed by atoms with Crippen molar-refractivity contribution in [3.05, 3.63) is 12.2 Å². The molecule has 0 unspecified atom stereocenters. The number of carbonyl (C=O) groups excluding carboxylic acids is 2. The molecule has 0 aromatic rings. The highest BCUT2D eigenvalue weighted by Gasteiger charge is 2.63. The molecule has 0 aromatic heterocycles. The highest BCUT2D eigenvalue weighted by atomic mass is 16.6. The maximum Gasteiger partial charge on any atom is 0.331 e. The lowest BCUT2D eigenvalue weighted by atomic mass is 9.70. The summed E-state index contributed by atoms with van der Waals surface area (Å²) in [4.78, 5) is 24.6. The number of hydrogen-bond donors (Lipinski definition) is 0. The van der Waals surface area contributed by atoms with Gasteiger partial charge in [0.2, 0.25) is 0 Å². The van der Waals surface area contributed by atoms with Crippen LogP contribution in [0, 0.1) is 33.5 Å². The predicted molar refractivity (Wildman–Crippen MR) is 107 cm³/mol. The molecule has 0 heterocycles. The predicted octanol–water partition coefficient (Wildman–Crippen LogP) is 5.06. The van der Waals surface area contributed by atoms with Gasteiger partial charge in [-0.25, -0.2) is 9.59 Å². The summed E-state index contributed by atoms with van der Waals surface area (Å²) in [5, 5.41) is 0. The zero-order valence-corrected chi connectivity index (χ0v) is 18.3. The molecule has 0 saturated heterocycles. The number of fused-ring (bicyclic) bond motifs is 4. The zero-order chi connectivity index (χ0) is 20.5. The standard InChI is InChI=1S/C24H36O4/c1-21(2)15-9-12-24(21,6)18(13-15)28-20(26)8-7-19(25)27-17-14-23(5)11-10-16(17)22(23,3)4/h7-8,15-18H,9-14H2,1-6H3/b8-7-/t15-,16-,17+,18+,23-,24+/m0/s1. The second kappa shape index (κ2) is 6.09. The minimum atomic E-state index is -0.424. The molecular formula is C24H36O4. The van der Waals surface area contributed by atoms with Gasteiger partial charge in [-0.3, -0.25) is 0 Å². The molecule has 4 rings (SSSR count). The van der Waals surface area contributed by atoms with Crippen molar-refractivity contribution < 1.29 is 19.1 Å². The molecule has 0 aromatic carbocycles. The molecule has 0 N–H and O–H groups in total. The minimum Gasteiger partial charge on any atom is -0.459 e. The molecule has 4 aliphatic rings. The number of esters is 2. The summed E-state index contributed by atoms with van der Waals surface area (Å²) in [7, 11) is 0. The van der Waals surface area contributed by atoms with Crippen molar-refractivity contribution in [2.45, 2.75) is 92.3 Å². The van der Waals surface area contributed by atoms with E-state index in [9.17, 15) is 9.59 Å². The Bertz CT molecular complexity index is 717. The van der Waals surface area contributed by atoms with Crippen LogP contribution in [-0.2, 0) is 19.1 Å². The van der Waals surface area contributed by atoms with Gasteiger partial charge in [0.1, 0.15) is 12.2 Å². The third kappa shape index (κ3) is 2.62. The first kappa shape index (κ1) is 20.0. The SMILES string of the molecule is CC1(C)[C@H]2CC[C@@]1(C)C[C@H]2OC(=O)/C=C\C(=O)O[C@@H]1C[C@@H]2CC[C@@]1(C)C2(C)C. The van der Waals surface area contributed by atoms with E-state index in [-0.39, 0.29) is 33.9 Å². The Labute approximate surface area is 169 Å². The second-order valence-electron chi connectivity index (χ2n) is 11.5. The van der Waals surface area contributed by atoms with E-state index in [0.29, 0.717) is 11.8 Å². The van der Waals surface area contributed by atoms with E-state index in [1.165, 1.54) is 25.0 Å². The molecule has 4 nitrogen and oxygen atoms in total. The molecule has 4 saturated carbocycles. The molecule has 4 aliphatic carbocycles. The Kier molecular flexibility index (Phi) is 4.34. The summed E-state index contributed by atoms with van der Waals surface area (Å²) in [6, 6.07) is 0. The van der Waals surface area contributed by atoms with E-state index < -0.39 is 11.9 Å². The molecule has 0 radical (unpaired) electrons. The Morgan fingerprint density at radius 2 is 1.50 bits per heavy atom. The first-order chi connectivity index (χ1) is 12.9. The Hall–Kier alpha value is -1.32. The lowest BCUT2D eigenvalue weighted by Gasteiger charge is -2.38. The summed E-state index contributed by atoms with van der Waals surface area (Å²) in [5.41, 5.74) is 0.678. The van der Waals surface area contributed by atoms with Gasteiger partial charge in [-0.15, -0.1) is 0 Å². The van der Waals surface area contributed by atoms with Crippen LogP contribution in [0.25, 0.3) is 0 Å². The molecule has 28 heavy (non-hydrogen) atoms. The normalized spacial score (nSPS) is 44.9. The van der Waals surface area contributed by atoms with E-state index >= 15 is 0 Å². The van der Waals surface area contributed by atoms with E-state index in [2.05, 4.69) is 41.5 Å². The number of rotatable bonds is 4. The van der Waals surface area contributed by atoms with Crippen LogP contribution in [0.3, 0.4) is 0 Å². The second-order valence-corrected chi connectivity index (χ2v) is 11.5. The van der Waals surface area contributed by atoms with Gasteiger partial charge in [-0.2, -0.15) is 0 Å². The summed E-state index contributed by atoms with van der Waals surface area (Å²) in [6.07, 6.45) is 8.92. The Morgan fingerprint density at radius 3 is 1.96 bits per heavy atom. The molecule has 6 atom stereocenters. The largest absolute Gasteiger partial charge is 0.459 e. The van der Waals surface area contributed by atoms with Gasteiger partial charge in [0.15, 0.2) is 0 Å². The van der Waals surface area contributed by atoms with Crippen LogP contribution in [0.15, 0.2) is 12.2 Å². The minimum absolute atomic E-state index is 0.0335. The van der Waals surface area contributed by atoms with Crippen LogP contribution >= 0.6 is 0 Å². The lowest BCUT2D eigenvalue weighted by molar-refractivity contribution is -0.152. The van der Waals surface area contributed by atoms with E-state index in [0.717, 1.165) is 25.7 Å². The van der Waals surface area contributed by atoms with Crippen LogP contribution in [-0.4, -0.2) is 24.1 Å². The van der Waals surface area contributed by atoms with E-state index in [4.69, 9.17) is 9.47 Å². The summed E-state index contributed by atoms with van der Waals surface area (Å²) in [5.74, 6) is 0.185. The van der Waals surface area contributed by atoms with Gasteiger partial charge in [0.25, 0.3) is 0 Å². The van der Waals surface area contributed by atoms with Gasteiger partial charge >= 0.3 is 11.9 Å². The van der Waals surface area contributed by atoms with Crippen LogP contribution in [0.2, 0.25) is 0 Å². The van der Waals surface area contributed by atoms with Crippen molar-refractivity contribution in [3.63, 3.8) is 0 Å². The smallest absolute Gasteiger partial charge is 0.331 e. The summed E-state index contributed by atoms with van der Waals surface area (Å²) in [6.45, 7) is 13.7. The van der Waals surface area contributed by atoms with Gasteiger partial charge in [-0.1, -0.05) is 41.5 Å². The number of ether oxygens (including phenoxy) is 2. The third-order valence-corrected chi connectivity index (χ3v) is 10.2. The lowest BCUT2D eigenvalue weighted by Crippen LogP contribution is -2.38. The molecule has 4 fully saturated rings. The van der Waals surface area contributed by atoms with Crippen LogP contribution in [0.5, 0.6) is 0 Å². The topological polar surface area (TPSA) is 52.6 Å². The first-order valence-electron chi connectivity index (χ1n) is 11.0. The Morgan fingerprint density at radius 1 is 0.857 bits per heavy atom. The summed E-state index contributed by atoms with van der Waals surface area (Å²) < 4.78 is 11.5. The quantitative estimate of drug-likeness (QED) is 0.499. The van der Waals surface area contributed by atoms with Crippen molar-refractivity contribution in [2.24, 2.45) is 33.5 Å². The van der Waals surface area contributed by atoms with Crippen LogP contribution in [0.4, 0.5) is 0 Å². The Balaban J connectivity index is 1.32. The average molecular weight is 389 g/mol. The molecule has 4 heteroatoms. The fraction of sp³-hybridized carbons (Fsp3) is 0.833. The molecule has 0 aliphatic heterocycles.